The molecule has 0 amide bonds. The Labute approximate surface area is 118 Å². The summed E-state index contributed by atoms with van der Waals surface area (Å²) in [5, 5.41) is 4.24. The first-order valence-corrected chi connectivity index (χ1v) is 6.21. The number of fused-ring (bicyclic) bond motifs is 1. The SMILES string of the molecule is O=Nc1c(-c2ccc(Cl)cc2)nc2cc(Cl)ccn12. The van der Waals surface area contributed by atoms with Crippen molar-refractivity contribution in [3.8, 4) is 11.3 Å². The standard InChI is InChI=1S/C13H7Cl2N3O/c14-9-3-1-8(2-4-9)12-13(17-19)18-6-5-10(15)7-11(18)16-12/h1-7H. The van der Waals surface area contributed by atoms with E-state index in [1.807, 2.05) is 0 Å². The van der Waals surface area contributed by atoms with Crippen LogP contribution in [0.25, 0.3) is 16.9 Å². The first-order chi connectivity index (χ1) is 9.19. The number of nitrogens with zero attached hydrogens (tertiary/aromatic N) is 3. The molecule has 0 fully saturated rings. The van der Waals surface area contributed by atoms with Gasteiger partial charge < -0.3 is 0 Å². The predicted octanol–water partition coefficient (Wildman–Crippen LogP) is 4.71. The van der Waals surface area contributed by atoms with E-state index in [1.54, 1.807) is 47.0 Å². The first-order valence-electron chi connectivity index (χ1n) is 5.46. The molecule has 0 aliphatic rings. The molecule has 0 saturated carbocycles. The van der Waals surface area contributed by atoms with Crippen LogP contribution in [-0.2, 0) is 0 Å². The van der Waals surface area contributed by atoms with Gasteiger partial charge in [0.25, 0.3) is 0 Å². The van der Waals surface area contributed by atoms with Crippen molar-refractivity contribution >= 4 is 34.7 Å². The van der Waals surface area contributed by atoms with Gasteiger partial charge in [0.15, 0.2) is 0 Å². The lowest BCUT2D eigenvalue weighted by Crippen LogP contribution is -1.82. The van der Waals surface area contributed by atoms with Crippen molar-refractivity contribution in [3.63, 3.8) is 0 Å². The lowest BCUT2D eigenvalue weighted by atomic mass is 10.1. The van der Waals surface area contributed by atoms with E-state index in [-0.39, 0.29) is 5.82 Å². The van der Waals surface area contributed by atoms with Crippen LogP contribution in [0.5, 0.6) is 0 Å². The maximum atomic E-state index is 11.1. The summed E-state index contributed by atoms with van der Waals surface area (Å²) in [7, 11) is 0. The van der Waals surface area contributed by atoms with E-state index in [0.717, 1.165) is 5.56 Å². The van der Waals surface area contributed by atoms with Crippen LogP contribution in [0.1, 0.15) is 0 Å². The summed E-state index contributed by atoms with van der Waals surface area (Å²) in [6, 6.07) is 10.4. The van der Waals surface area contributed by atoms with Crippen LogP contribution in [0.2, 0.25) is 10.0 Å². The third-order valence-electron chi connectivity index (χ3n) is 2.77. The van der Waals surface area contributed by atoms with E-state index in [9.17, 15) is 4.91 Å². The minimum Gasteiger partial charge on any atom is -0.281 e. The number of rotatable bonds is 2. The average Bonchev–Trinajstić information content (AvgIpc) is 2.77. The molecule has 0 aliphatic heterocycles. The molecule has 0 N–H and O–H groups in total. The van der Waals surface area contributed by atoms with Crippen LogP contribution in [0, 0.1) is 4.91 Å². The Kier molecular flexibility index (Phi) is 2.97. The molecule has 3 aromatic rings. The normalized spacial score (nSPS) is 10.8. The van der Waals surface area contributed by atoms with Crippen LogP contribution < -0.4 is 0 Å². The van der Waals surface area contributed by atoms with Crippen molar-refractivity contribution in [1.82, 2.24) is 9.38 Å². The van der Waals surface area contributed by atoms with Gasteiger partial charge in [-0.15, -0.1) is 4.91 Å². The molecule has 2 heterocycles. The molecule has 6 heteroatoms. The van der Waals surface area contributed by atoms with Crippen LogP contribution in [-0.4, -0.2) is 9.38 Å². The Bertz CT molecular complexity index is 765. The maximum Gasteiger partial charge on any atom is 0.209 e. The number of halogens is 2. The third-order valence-corrected chi connectivity index (χ3v) is 3.25. The molecule has 0 radical (unpaired) electrons. The highest BCUT2D eigenvalue weighted by molar-refractivity contribution is 6.31. The topological polar surface area (TPSA) is 46.7 Å². The van der Waals surface area contributed by atoms with E-state index < -0.39 is 0 Å². The number of nitroso groups, excluding NO2 is 1. The number of aromatic nitrogens is 2. The molecule has 4 nitrogen and oxygen atoms in total. The fourth-order valence-electron chi connectivity index (χ4n) is 1.90. The highest BCUT2D eigenvalue weighted by Crippen LogP contribution is 2.32. The monoisotopic (exact) mass is 291 g/mol. The van der Waals surface area contributed by atoms with Gasteiger partial charge in [0, 0.05) is 27.9 Å². The van der Waals surface area contributed by atoms with Crippen LogP contribution in [0.4, 0.5) is 5.82 Å². The zero-order valence-corrected chi connectivity index (χ0v) is 11.1. The summed E-state index contributed by atoms with van der Waals surface area (Å²) >= 11 is 11.8. The molecule has 0 aliphatic carbocycles. The van der Waals surface area contributed by atoms with E-state index in [0.29, 0.717) is 21.4 Å². The minimum absolute atomic E-state index is 0.244. The Balaban J connectivity index is 2.28. The minimum atomic E-state index is 0.244. The highest BCUT2D eigenvalue weighted by atomic mass is 35.5. The van der Waals surface area contributed by atoms with Gasteiger partial charge in [-0.1, -0.05) is 35.3 Å². The van der Waals surface area contributed by atoms with E-state index >= 15 is 0 Å². The molecular formula is C13H7Cl2N3O. The van der Waals surface area contributed by atoms with Crippen LogP contribution in [0.3, 0.4) is 0 Å². The van der Waals surface area contributed by atoms with E-state index in [4.69, 9.17) is 23.2 Å². The summed E-state index contributed by atoms with van der Waals surface area (Å²) in [5.41, 5.74) is 1.86. The maximum absolute atomic E-state index is 11.1. The van der Waals surface area contributed by atoms with Gasteiger partial charge in [0.2, 0.25) is 5.82 Å². The zero-order chi connectivity index (χ0) is 13.4. The summed E-state index contributed by atoms with van der Waals surface area (Å²) in [5.74, 6) is 0.244. The number of hydrogen-bond donors (Lipinski definition) is 0. The summed E-state index contributed by atoms with van der Waals surface area (Å²) in [6.07, 6.45) is 1.67. The molecule has 0 bridgehead atoms. The van der Waals surface area contributed by atoms with Gasteiger partial charge in [0.1, 0.15) is 11.3 Å². The fraction of sp³-hybridized carbons (Fsp3) is 0. The van der Waals surface area contributed by atoms with Gasteiger partial charge in [-0.3, -0.25) is 4.40 Å². The van der Waals surface area contributed by atoms with Crippen molar-refractivity contribution in [3.05, 3.63) is 57.5 Å². The molecule has 1 aromatic carbocycles. The lowest BCUT2D eigenvalue weighted by Gasteiger charge is -1.97. The second-order valence-electron chi connectivity index (χ2n) is 3.96. The zero-order valence-electron chi connectivity index (χ0n) is 9.55. The van der Waals surface area contributed by atoms with Gasteiger partial charge in [-0.2, -0.15) is 0 Å². The van der Waals surface area contributed by atoms with Gasteiger partial charge in [-0.05, 0) is 23.4 Å². The molecule has 0 spiro atoms. The Morgan fingerprint density at radius 3 is 2.47 bits per heavy atom. The second kappa shape index (κ2) is 4.64. The van der Waals surface area contributed by atoms with Crippen LogP contribution in [0.15, 0.2) is 47.8 Å². The third kappa shape index (κ3) is 2.09. The molecule has 0 unspecified atom stereocenters. The smallest absolute Gasteiger partial charge is 0.209 e. The molecule has 2 aromatic heterocycles. The van der Waals surface area contributed by atoms with Crippen molar-refractivity contribution in [2.45, 2.75) is 0 Å². The van der Waals surface area contributed by atoms with Crippen molar-refractivity contribution < 1.29 is 0 Å². The molecule has 19 heavy (non-hydrogen) atoms. The van der Waals surface area contributed by atoms with Crippen molar-refractivity contribution in [1.29, 1.82) is 0 Å². The predicted molar refractivity (Wildman–Crippen MR) is 76.1 cm³/mol. The van der Waals surface area contributed by atoms with Gasteiger partial charge >= 0.3 is 0 Å². The molecule has 3 rings (SSSR count). The molecule has 0 atom stereocenters. The quantitative estimate of drug-likeness (QED) is 0.642. The number of hydrogen-bond acceptors (Lipinski definition) is 3. The number of imidazole rings is 1. The van der Waals surface area contributed by atoms with E-state index in [2.05, 4.69) is 10.2 Å². The average molecular weight is 292 g/mol. The Hall–Kier alpha value is -1.91. The van der Waals surface area contributed by atoms with Crippen molar-refractivity contribution in [2.75, 3.05) is 0 Å². The van der Waals surface area contributed by atoms with E-state index in [1.165, 1.54) is 0 Å². The Morgan fingerprint density at radius 1 is 1.05 bits per heavy atom. The second-order valence-corrected chi connectivity index (χ2v) is 4.83. The number of benzene rings is 1. The largest absolute Gasteiger partial charge is 0.281 e. The van der Waals surface area contributed by atoms with Gasteiger partial charge in [0.05, 0.1) is 0 Å². The molecule has 94 valence electrons. The summed E-state index contributed by atoms with van der Waals surface area (Å²) in [6.45, 7) is 0. The number of pyridine rings is 1. The fourth-order valence-corrected chi connectivity index (χ4v) is 2.18. The Morgan fingerprint density at radius 2 is 1.79 bits per heavy atom. The highest BCUT2D eigenvalue weighted by Gasteiger charge is 2.14. The van der Waals surface area contributed by atoms with Crippen LogP contribution >= 0.6 is 23.2 Å². The lowest BCUT2D eigenvalue weighted by molar-refractivity contribution is 1.16. The van der Waals surface area contributed by atoms with Gasteiger partial charge in [-0.25, -0.2) is 4.98 Å². The summed E-state index contributed by atoms with van der Waals surface area (Å²) in [4.78, 5) is 15.4. The first kappa shape index (κ1) is 12.1. The van der Waals surface area contributed by atoms with Crippen molar-refractivity contribution in [2.24, 2.45) is 5.18 Å². The summed E-state index contributed by atoms with van der Waals surface area (Å²) < 4.78 is 1.60. The molecular weight excluding hydrogens is 285 g/mol. The molecule has 0 saturated heterocycles.